The van der Waals surface area contributed by atoms with Gasteiger partial charge in [-0.1, -0.05) is 13.8 Å². The van der Waals surface area contributed by atoms with E-state index in [1.54, 1.807) is 6.08 Å². The van der Waals surface area contributed by atoms with Gasteiger partial charge in [0.2, 0.25) is 0 Å². The topological polar surface area (TPSA) is 109 Å². The van der Waals surface area contributed by atoms with Crippen LogP contribution >= 0.6 is 11.5 Å². The molecule has 0 aromatic carbocycles. The molecule has 0 fully saturated rings. The van der Waals surface area contributed by atoms with Crippen molar-refractivity contribution in [3.8, 4) is 0 Å². The van der Waals surface area contributed by atoms with Crippen molar-refractivity contribution < 1.29 is 4.79 Å². The molecule has 0 unspecified atom stereocenters. The molecule has 2 aromatic rings. The maximum atomic E-state index is 10.9. The lowest BCUT2D eigenvalue weighted by Crippen LogP contribution is -2.12. The Hall–Kier alpha value is -2.28. The Labute approximate surface area is 127 Å². The summed E-state index contributed by atoms with van der Waals surface area (Å²) in [5.74, 6) is -0.491. The Morgan fingerprint density at radius 1 is 1.48 bits per heavy atom. The number of amides is 1. The van der Waals surface area contributed by atoms with Crippen LogP contribution in [0, 0.1) is 12.3 Å². The number of rotatable bonds is 4. The van der Waals surface area contributed by atoms with Crippen molar-refractivity contribution in [2.24, 2.45) is 5.73 Å². The van der Waals surface area contributed by atoms with Crippen LogP contribution < -0.4 is 5.73 Å². The lowest BCUT2D eigenvalue weighted by atomic mass is 10.1. The summed E-state index contributed by atoms with van der Waals surface area (Å²) in [4.78, 5) is 18.4. The van der Waals surface area contributed by atoms with E-state index in [9.17, 15) is 4.79 Å². The van der Waals surface area contributed by atoms with E-state index in [2.05, 4.69) is 14.3 Å². The van der Waals surface area contributed by atoms with Gasteiger partial charge in [-0.3, -0.25) is 10.2 Å². The summed E-state index contributed by atoms with van der Waals surface area (Å²) < 4.78 is 4.14. The number of aromatic amines is 1. The van der Waals surface area contributed by atoms with Crippen LogP contribution in [0.1, 0.15) is 47.7 Å². The first-order valence-corrected chi connectivity index (χ1v) is 7.30. The van der Waals surface area contributed by atoms with Gasteiger partial charge in [-0.05, 0) is 43.1 Å². The van der Waals surface area contributed by atoms with Gasteiger partial charge in [0.05, 0.1) is 28.2 Å². The molecule has 1 amide bonds. The minimum atomic E-state index is -0.604. The molecule has 0 aliphatic heterocycles. The van der Waals surface area contributed by atoms with Crippen molar-refractivity contribution in [2.75, 3.05) is 0 Å². The van der Waals surface area contributed by atoms with Crippen LogP contribution in [0.2, 0.25) is 0 Å². The third-order valence-corrected chi connectivity index (χ3v) is 3.40. The van der Waals surface area contributed by atoms with Crippen LogP contribution in [0.4, 0.5) is 0 Å². The molecule has 0 saturated carbocycles. The van der Waals surface area contributed by atoms with E-state index in [0.29, 0.717) is 11.4 Å². The Balaban J connectivity index is 0.00000106. The van der Waals surface area contributed by atoms with Crippen LogP contribution in [-0.2, 0) is 0 Å². The predicted molar refractivity (Wildman–Crippen MR) is 85.8 cm³/mol. The van der Waals surface area contributed by atoms with E-state index in [-0.39, 0.29) is 5.82 Å². The van der Waals surface area contributed by atoms with Gasteiger partial charge >= 0.3 is 0 Å². The summed E-state index contributed by atoms with van der Waals surface area (Å²) in [5, 5.41) is 7.98. The van der Waals surface area contributed by atoms with Gasteiger partial charge in [-0.15, -0.1) is 0 Å². The van der Waals surface area contributed by atoms with Crippen molar-refractivity contribution in [1.29, 1.82) is 5.41 Å². The third-order valence-electron chi connectivity index (χ3n) is 2.49. The molecule has 0 bridgehead atoms. The first-order valence-electron chi connectivity index (χ1n) is 6.53. The minimum absolute atomic E-state index is 0.114. The van der Waals surface area contributed by atoms with Gasteiger partial charge < -0.3 is 10.7 Å². The summed E-state index contributed by atoms with van der Waals surface area (Å²) in [6.45, 7) is 7.72. The number of nitrogens with one attached hydrogen (secondary N) is 2. The summed E-state index contributed by atoms with van der Waals surface area (Å²) in [6, 6.07) is 1.86. The fourth-order valence-corrected chi connectivity index (χ4v) is 2.18. The normalized spacial score (nSPS) is 10.8. The highest BCUT2D eigenvalue weighted by Gasteiger charge is 2.08. The summed E-state index contributed by atoms with van der Waals surface area (Å²) in [6.07, 6.45) is 3.22. The Kier molecular flexibility index (Phi) is 5.98. The van der Waals surface area contributed by atoms with Crippen molar-refractivity contribution in [3.05, 3.63) is 40.4 Å². The number of nitrogens with zero attached hydrogens (tertiary/aromatic N) is 2. The molecule has 7 heteroatoms. The SMILES string of the molecule is C/C(=C/C(=N)c1cc(C)ns1)c1cnc(C(N)=O)[nH]1.CC. The van der Waals surface area contributed by atoms with Crippen LogP contribution in [-0.4, -0.2) is 26.0 Å². The Morgan fingerprint density at radius 3 is 2.62 bits per heavy atom. The number of aromatic nitrogens is 3. The standard InChI is InChI=1S/C12H13N5OS.C2H6/c1-6(9-5-15-12(16-9)11(14)18)3-8(13)10-4-7(2)17-19-10;1-2/h3-5,13H,1-2H3,(H2,14,18)(H,15,16);1-2H3/b6-3-,13-8?;. The first kappa shape index (κ1) is 16.8. The smallest absolute Gasteiger partial charge is 0.284 e. The fourth-order valence-electron chi connectivity index (χ4n) is 1.50. The quantitative estimate of drug-likeness (QED) is 0.755. The molecule has 6 nitrogen and oxygen atoms in total. The molecule has 2 heterocycles. The zero-order valence-electron chi connectivity index (χ0n) is 12.5. The number of primary amides is 1. The average Bonchev–Trinajstić information content (AvgIpc) is 3.09. The summed E-state index contributed by atoms with van der Waals surface area (Å²) in [7, 11) is 0. The highest BCUT2D eigenvalue weighted by molar-refractivity contribution is 7.08. The molecule has 4 N–H and O–H groups in total. The number of carbonyl (C=O) groups is 1. The summed E-state index contributed by atoms with van der Waals surface area (Å²) >= 11 is 1.29. The predicted octanol–water partition coefficient (Wildman–Crippen LogP) is 2.77. The zero-order chi connectivity index (χ0) is 16.0. The average molecular weight is 305 g/mol. The maximum absolute atomic E-state index is 10.9. The van der Waals surface area contributed by atoms with Gasteiger partial charge in [-0.2, -0.15) is 4.37 Å². The number of hydrogen-bond acceptors (Lipinski definition) is 5. The van der Waals surface area contributed by atoms with E-state index in [1.807, 2.05) is 33.8 Å². The van der Waals surface area contributed by atoms with Crippen LogP contribution in [0.25, 0.3) is 5.57 Å². The number of aryl methyl sites for hydroxylation is 1. The van der Waals surface area contributed by atoms with Crippen LogP contribution in [0.5, 0.6) is 0 Å². The molecule has 0 aliphatic carbocycles. The van der Waals surface area contributed by atoms with E-state index in [4.69, 9.17) is 11.1 Å². The van der Waals surface area contributed by atoms with E-state index in [0.717, 1.165) is 16.1 Å². The Bertz CT molecular complexity index is 668. The van der Waals surface area contributed by atoms with Crippen molar-refractivity contribution >= 4 is 28.7 Å². The number of nitrogens with two attached hydrogens (primary N) is 1. The Morgan fingerprint density at radius 2 is 2.14 bits per heavy atom. The van der Waals surface area contributed by atoms with Gasteiger partial charge in [0.1, 0.15) is 0 Å². The second-order valence-corrected chi connectivity index (χ2v) is 4.89. The maximum Gasteiger partial charge on any atom is 0.284 e. The number of H-pyrrole nitrogens is 1. The molecule has 0 spiro atoms. The molecule has 112 valence electrons. The molecule has 0 radical (unpaired) electrons. The number of imidazole rings is 1. The van der Waals surface area contributed by atoms with Crippen molar-refractivity contribution in [2.45, 2.75) is 27.7 Å². The van der Waals surface area contributed by atoms with Crippen molar-refractivity contribution in [3.63, 3.8) is 0 Å². The lowest BCUT2D eigenvalue weighted by molar-refractivity contribution is 0.0991. The highest BCUT2D eigenvalue weighted by Crippen LogP contribution is 2.15. The first-order chi connectivity index (χ1) is 9.97. The van der Waals surface area contributed by atoms with E-state index in [1.165, 1.54) is 17.7 Å². The monoisotopic (exact) mass is 305 g/mol. The molecule has 0 atom stereocenters. The van der Waals surface area contributed by atoms with Gasteiger partial charge in [-0.25, -0.2) is 4.98 Å². The van der Waals surface area contributed by atoms with Gasteiger partial charge in [0.15, 0.2) is 5.82 Å². The van der Waals surface area contributed by atoms with Crippen molar-refractivity contribution in [1.82, 2.24) is 14.3 Å². The van der Waals surface area contributed by atoms with Gasteiger partial charge in [0.25, 0.3) is 5.91 Å². The molecule has 2 rings (SSSR count). The second kappa shape index (κ2) is 7.49. The summed E-state index contributed by atoms with van der Waals surface area (Å²) in [5.41, 5.74) is 7.86. The zero-order valence-corrected chi connectivity index (χ0v) is 13.3. The highest BCUT2D eigenvalue weighted by atomic mass is 32.1. The molecule has 2 aromatic heterocycles. The number of hydrogen-bond donors (Lipinski definition) is 3. The second-order valence-electron chi connectivity index (χ2n) is 4.08. The fraction of sp³-hybridized carbons (Fsp3) is 0.286. The lowest BCUT2D eigenvalue weighted by Gasteiger charge is -1.97. The van der Waals surface area contributed by atoms with E-state index >= 15 is 0 Å². The van der Waals surface area contributed by atoms with Crippen LogP contribution in [0.15, 0.2) is 18.3 Å². The molecule has 21 heavy (non-hydrogen) atoms. The van der Waals surface area contributed by atoms with Crippen LogP contribution in [0.3, 0.4) is 0 Å². The third kappa shape index (κ3) is 4.35. The van der Waals surface area contributed by atoms with E-state index < -0.39 is 5.91 Å². The largest absolute Gasteiger partial charge is 0.363 e. The number of carbonyl (C=O) groups excluding carboxylic acids is 1. The number of allylic oxidation sites excluding steroid dienone is 2. The molecular formula is C14H19N5OS. The minimum Gasteiger partial charge on any atom is -0.363 e. The molecule has 0 aliphatic rings. The van der Waals surface area contributed by atoms with Gasteiger partial charge in [0, 0.05) is 0 Å². The molecule has 0 saturated heterocycles. The molecular weight excluding hydrogens is 286 g/mol.